The Morgan fingerprint density at radius 2 is 2.31 bits per heavy atom. The number of nitrogens with zero attached hydrogens (tertiary/aromatic N) is 1. The highest BCUT2D eigenvalue weighted by molar-refractivity contribution is 8.01. The van der Waals surface area contributed by atoms with E-state index >= 15 is 0 Å². The highest BCUT2D eigenvalue weighted by Gasteiger charge is 2.44. The fourth-order valence-electron chi connectivity index (χ4n) is 1.83. The number of carboxylic acids is 1. The molecule has 1 unspecified atom stereocenters. The average molecular weight is 239 g/mol. The van der Waals surface area contributed by atoms with Gasteiger partial charge in [0.1, 0.15) is 5.70 Å². The maximum absolute atomic E-state index is 11.3. The smallest absolute Gasteiger partial charge is 0.352 e. The van der Waals surface area contributed by atoms with E-state index in [4.69, 9.17) is 5.11 Å². The quantitative estimate of drug-likeness (QED) is 0.587. The molecule has 0 aromatic carbocycles. The van der Waals surface area contributed by atoms with Gasteiger partial charge in [0.25, 0.3) is 0 Å². The molecule has 0 saturated carbocycles. The van der Waals surface area contributed by atoms with Crippen molar-refractivity contribution in [3.05, 3.63) is 23.4 Å². The van der Waals surface area contributed by atoms with Crippen molar-refractivity contribution < 1.29 is 14.7 Å². The average Bonchev–Trinajstić information content (AvgIpc) is 2.14. The van der Waals surface area contributed by atoms with Gasteiger partial charge in [-0.2, -0.15) is 0 Å². The molecule has 86 valence electrons. The van der Waals surface area contributed by atoms with Gasteiger partial charge in [0.2, 0.25) is 5.91 Å². The van der Waals surface area contributed by atoms with Crippen LogP contribution in [0.2, 0.25) is 0 Å². The molecular weight excluding hydrogens is 226 g/mol. The van der Waals surface area contributed by atoms with E-state index in [-0.39, 0.29) is 22.2 Å². The van der Waals surface area contributed by atoms with Crippen LogP contribution in [-0.4, -0.2) is 32.5 Å². The molecule has 2 aliphatic heterocycles. The van der Waals surface area contributed by atoms with Crippen LogP contribution in [0.15, 0.2) is 23.4 Å². The number of β-lactam (4-membered cyclic amide) rings is 1. The Morgan fingerprint density at radius 1 is 1.62 bits per heavy atom. The third kappa shape index (κ3) is 1.87. The Balaban J connectivity index is 2.29. The second-order valence-corrected chi connectivity index (χ2v) is 5.48. The van der Waals surface area contributed by atoms with Crippen LogP contribution in [-0.2, 0) is 9.59 Å². The van der Waals surface area contributed by atoms with Crippen molar-refractivity contribution in [2.45, 2.75) is 30.9 Å². The summed E-state index contributed by atoms with van der Waals surface area (Å²) in [4.78, 5) is 23.7. The van der Waals surface area contributed by atoms with Gasteiger partial charge < -0.3 is 5.11 Å². The number of amides is 1. The Morgan fingerprint density at radius 3 is 2.81 bits per heavy atom. The minimum Gasteiger partial charge on any atom is -0.477 e. The van der Waals surface area contributed by atoms with Crippen LogP contribution < -0.4 is 0 Å². The molecule has 1 amide bonds. The van der Waals surface area contributed by atoms with E-state index in [9.17, 15) is 9.59 Å². The highest BCUT2D eigenvalue weighted by atomic mass is 32.2. The second-order valence-electron chi connectivity index (χ2n) is 4.12. The number of fused-ring (bicyclic) bond motifs is 1. The molecule has 0 aromatic heterocycles. The van der Waals surface area contributed by atoms with Crippen molar-refractivity contribution in [3.8, 4) is 0 Å². The minimum absolute atomic E-state index is 0.00389. The van der Waals surface area contributed by atoms with Gasteiger partial charge in [-0.1, -0.05) is 11.6 Å². The Hall–Kier alpha value is -1.23. The third-order valence-corrected chi connectivity index (χ3v) is 3.80. The van der Waals surface area contributed by atoms with Gasteiger partial charge in [-0.05, 0) is 19.9 Å². The summed E-state index contributed by atoms with van der Waals surface area (Å²) in [6, 6.07) is 0. The number of carbonyl (C=O) groups is 2. The first kappa shape index (κ1) is 11.3. The molecule has 0 radical (unpaired) electrons. The lowest BCUT2D eigenvalue weighted by Gasteiger charge is -2.44. The number of hydrogen-bond donors (Lipinski definition) is 1. The molecule has 0 aliphatic carbocycles. The normalized spacial score (nSPS) is 27.8. The zero-order valence-corrected chi connectivity index (χ0v) is 9.95. The number of allylic oxidation sites excluding steroid dienone is 1. The van der Waals surface area contributed by atoms with Crippen LogP contribution >= 0.6 is 11.8 Å². The summed E-state index contributed by atoms with van der Waals surface area (Å²) in [5.74, 6) is -1.12. The van der Waals surface area contributed by atoms with E-state index in [1.807, 2.05) is 19.9 Å². The molecule has 2 atom stereocenters. The zero-order chi connectivity index (χ0) is 11.9. The van der Waals surface area contributed by atoms with Crippen LogP contribution in [0, 0.1) is 0 Å². The number of rotatable bonds is 2. The van der Waals surface area contributed by atoms with E-state index in [0.717, 1.165) is 5.57 Å². The van der Waals surface area contributed by atoms with Crippen molar-refractivity contribution in [1.29, 1.82) is 0 Å². The minimum atomic E-state index is -1.02. The molecule has 1 saturated heterocycles. The molecule has 5 heteroatoms. The predicted octanol–water partition coefficient (Wildman–Crippen LogP) is 1.59. The molecule has 0 spiro atoms. The van der Waals surface area contributed by atoms with Gasteiger partial charge in [0, 0.05) is 5.25 Å². The van der Waals surface area contributed by atoms with Crippen LogP contribution in [0.3, 0.4) is 0 Å². The van der Waals surface area contributed by atoms with Gasteiger partial charge in [0.05, 0.1) is 11.8 Å². The molecular formula is C11H13NO3S. The maximum atomic E-state index is 11.3. The molecule has 2 aliphatic rings. The predicted molar refractivity (Wildman–Crippen MR) is 61.8 cm³/mol. The van der Waals surface area contributed by atoms with Crippen LogP contribution in [0.1, 0.15) is 20.3 Å². The Labute approximate surface area is 98.0 Å². The zero-order valence-electron chi connectivity index (χ0n) is 9.14. The molecule has 1 N–H and O–H groups in total. The summed E-state index contributed by atoms with van der Waals surface area (Å²) < 4.78 is 0. The maximum Gasteiger partial charge on any atom is 0.352 e. The van der Waals surface area contributed by atoms with Crippen molar-refractivity contribution >= 4 is 23.6 Å². The first-order valence-electron chi connectivity index (χ1n) is 5.06. The molecule has 0 bridgehead atoms. The summed E-state index contributed by atoms with van der Waals surface area (Å²) in [5.41, 5.74) is 1.28. The van der Waals surface area contributed by atoms with Gasteiger partial charge in [-0.25, -0.2) is 4.79 Å². The Kier molecular flexibility index (Phi) is 2.80. The molecule has 2 heterocycles. The molecule has 0 aromatic rings. The standard InChI is InChI=1S/C11H13NO3S/c1-6(2)3-7-4-8(11(14)15)12-9(13)5-10(12)16-7/h3-4,7,10H,5H2,1-2H3,(H,14,15)/t7?,10-/m1/s1. The lowest BCUT2D eigenvalue weighted by Crippen LogP contribution is -2.53. The number of carbonyl (C=O) groups excluding carboxylic acids is 1. The van der Waals surface area contributed by atoms with Gasteiger partial charge in [0.15, 0.2) is 0 Å². The summed E-state index contributed by atoms with van der Waals surface area (Å²) in [6.45, 7) is 3.96. The first-order chi connectivity index (χ1) is 7.49. The number of thioether (sulfide) groups is 1. The molecule has 4 nitrogen and oxygen atoms in total. The van der Waals surface area contributed by atoms with Crippen molar-refractivity contribution in [1.82, 2.24) is 4.90 Å². The van der Waals surface area contributed by atoms with Crippen LogP contribution in [0.25, 0.3) is 0 Å². The lowest BCUT2D eigenvalue weighted by atomic mass is 10.1. The summed E-state index contributed by atoms with van der Waals surface area (Å²) in [5, 5.41) is 9.10. The SMILES string of the molecule is CC(C)=CC1C=C(C(=O)O)N2C(=O)C[C@H]2S1. The Bertz CT molecular complexity index is 409. The van der Waals surface area contributed by atoms with Gasteiger partial charge >= 0.3 is 5.97 Å². The summed E-state index contributed by atoms with van der Waals surface area (Å²) in [7, 11) is 0. The second kappa shape index (κ2) is 3.97. The fraction of sp³-hybridized carbons (Fsp3) is 0.455. The van der Waals surface area contributed by atoms with E-state index in [1.165, 1.54) is 4.90 Å². The number of carboxylic acid groups (broad SMARTS) is 1. The van der Waals surface area contributed by atoms with Crippen molar-refractivity contribution in [2.75, 3.05) is 0 Å². The van der Waals surface area contributed by atoms with Gasteiger partial charge in [-0.15, -0.1) is 11.8 Å². The van der Waals surface area contributed by atoms with E-state index in [1.54, 1.807) is 17.8 Å². The fourth-order valence-corrected chi connectivity index (χ4v) is 3.35. The molecule has 16 heavy (non-hydrogen) atoms. The summed E-state index contributed by atoms with van der Waals surface area (Å²) in [6.07, 6.45) is 4.11. The molecule has 2 rings (SSSR count). The highest BCUT2D eigenvalue weighted by Crippen LogP contribution is 2.41. The number of aliphatic carboxylic acids is 1. The monoisotopic (exact) mass is 239 g/mol. The third-order valence-electron chi connectivity index (χ3n) is 2.52. The van der Waals surface area contributed by atoms with E-state index in [0.29, 0.717) is 6.42 Å². The largest absolute Gasteiger partial charge is 0.477 e. The van der Waals surface area contributed by atoms with Crippen molar-refractivity contribution in [2.24, 2.45) is 0 Å². The first-order valence-corrected chi connectivity index (χ1v) is 6.01. The van der Waals surface area contributed by atoms with Crippen molar-refractivity contribution in [3.63, 3.8) is 0 Å². The lowest BCUT2D eigenvalue weighted by molar-refractivity contribution is -0.146. The van der Waals surface area contributed by atoms with Crippen LogP contribution in [0.5, 0.6) is 0 Å². The molecule has 1 fully saturated rings. The van der Waals surface area contributed by atoms with Gasteiger partial charge in [-0.3, -0.25) is 9.69 Å². The number of hydrogen-bond acceptors (Lipinski definition) is 3. The van der Waals surface area contributed by atoms with E-state index in [2.05, 4.69) is 0 Å². The van der Waals surface area contributed by atoms with E-state index < -0.39 is 5.97 Å². The topological polar surface area (TPSA) is 57.6 Å². The summed E-state index contributed by atoms with van der Waals surface area (Å²) >= 11 is 1.62. The van der Waals surface area contributed by atoms with Crippen LogP contribution in [0.4, 0.5) is 0 Å².